The lowest BCUT2D eigenvalue weighted by Gasteiger charge is -2.22. The SMILES string of the molecule is CCC(C)(N)C(=O)Nc1ccc(N2CCCC2=O)c(Cl)c1. The van der Waals surface area contributed by atoms with Crippen LogP contribution in [0.4, 0.5) is 11.4 Å². The van der Waals surface area contributed by atoms with Gasteiger partial charge < -0.3 is 16.0 Å². The fraction of sp³-hybridized carbons (Fsp3) is 0.467. The molecule has 3 N–H and O–H groups in total. The fourth-order valence-electron chi connectivity index (χ4n) is 2.14. The highest BCUT2D eigenvalue weighted by molar-refractivity contribution is 6.34. The Balaban J connectivity index is 2.16. The third kappa shape index (κ3) is 3.36. The highest BCUT2D eigenvalue weighted by Crippen LogP contribution is 2.31. The number of nitrogens with zero attached hydrogens (tertiary/aromatic N) is 1. The van der Waals surface area contributed by atoms with E-state index in [1.54, 1.807) is 30.0 Å². The van der Waals surface area contributed by atoms with Crippen molar-refractivity contribution in [3.63, 3.8) is 0 Å². The standard InChI is InChI=1S/C15H20ClN3O2/c1-3-15(2,17)14(21)18-10-6-7-12(11(16)9-10)19-8-4-5-13(19)20/h6-7,9H,3-5,8,17H2,1-2H3,(H,18,21). The molecule has 2 rings (SSSR count). The van der Waals surface area contributed by atoms with Crippen molar-refractivity contribution in [2.24, 2.45) is 5.73 Å². The maximum Gasteiger partial charge on any atom is 0.244 e. The lowest BCUT2D eigenvalue weighted by atomic mass is 9.99. The third-order valence-corrected chi connectivity index (χ3v) is 4.13. The molecule has 5 nitrogen and oxygen atoms in total. The predicted molar refractivity (Wildman–Crippen MR) is 84.6 cm³/mol. The summed E-state index contributed by atoms with van der Waals surface area (Å²) in [5.74, 6) is -0.180. The van der Waals surface area contributed by atoms with E-state index in [2.05, 4.69) is 5.32 Å². The first kappa shape index (κ1) is 15.8. The van der Waals surface area contributed by atoms with Gasteiger partial charge in [-0.25, -0.2) is 0 Å². The van der Waals surface area contributed by atoms with E-state index in [0.29, 0.717) is 35.8 Å². The largest absolute Gasteiger partial charge is 0.324 e. The summed E-state index contributed by atoms with van der Waals surface area (Å²) in [6.45, 7) is 4.22. The van der Waals surface area contributed by atoms with Crippen LogP contribution >= 0.6 is 11.6 Å². The summed E-state index contributed by atoms with van der Waals surface area (Å²) in [6.07, 6.45) is 1.93. The van der Waals surface area contributed by atoms with Crippen LogP contribution in [0.25, 0.3) is 0 Å². The van der Waals surface area contributed by atoms with Gasteiger partial charge >= 0.3 is 0 Å². The van der Waals surface area contributed by atoms with E-state index in [1.807, 2.05) is 6.92 Å². The van der Waals surface area contributed by atoms with E-state index in [1.165, 1.54) is 0 Å². The molecule has 0 aromatic heterocycles. The molecule has 1 aromatic carbocycles. The maximum atomic E-state index is 12.0. The minimum Gasteiger partial charge on any atom is -0.324 e. The molecular weight excluding hydrogens is 290 g/mol. The van der Waals surface area contributed by atoms with E-state index < -0.39 is 5.54 Å². The van der Waals surface area contributed by atoms with Crippen LogP contribution in [0.1, 0.15) is 33.1 Å². The van der Waals surface area contributed by atoms with Crippen molar-refractivity contribution < 1.29 is 9.59 Å². The van der Waals surface area contributed by atoms with Gasteiger partial charge in [-0.15, -0.1) is 0 Å². The van der Waals surface area contributed by atoms with Gasteiger partial charge in [0.25, 0.3) is 0 Å². The molecule has 0 aliphatic carbocycles. The topological polar surface area (TPSA) is 75.4 Å². The van der Waals surface area contributed by atoms with E-state index >= 15 is 0 Å². The number of rotatable bonds is 4. The molecule has 6 heteroatoms. The number of amides is 2. The second kappa shape index (κ2) is 6.03. The normalized spacial score (nSPS) is 17.7. The summed E-state index contributed by atoms with van der Waals surface area (Å²) in [6, 6.07) is 5.13. The van der Waals surface area contributed by atoms with Gasteiger partial charge in [0, 0.05) is 18.7 Å². The monoisotopic (exact) mass is 309 g/mol. The molecule has 1 aliphatic rings. The number of benzene rings is 1. The Bertz CT molecular complexity index is 572. The number of nitrogens with two attached hydrogens (primary N) is 1. The predicted octanol–water partition coefficient (Wildman–Crippen LogP) is 2.53. The molecule has 1 aromatic rings. The van der Waals surface area contributed by atoms with Gasteiger partial charge in [0.05, 0.1) is 16.2 Å². The zero-order chi connectivity index (χ0) is 15.6. The number of halogens is 1. The molecule has 0 radical (unpaired) electrons. The number of carbonyl (C=O) groups is 2. The molecule has 21 heavy (non-hydrogen) atoms. The van der Waals surface area contributed by atoms with Gasteiger partial charge in [-0.3, -0.25) is 9.59 Å². The Morgan fingerprint density at radius 3 is 2.76 bits per heavy atom. The van der Waals surface area contributed by atoms with Gasteiger partial charge in [-0.05, 0) is 38.0 Å². The summed E-state index contributed by atoms with van der Waals surface area (Å²) < 4.78 is 0. The molecule has 1 aliphatic heterocycles. The van der Waals surface area contributed by atoms with E-state index in [4.69, 9.17) is 17.3 Å². The number of anilines is 2. The highest BCUT2D eigenvalue weighted by Gasteiger charge is 2.27. The second-order valence-electron chi connectivity index (χ2n) is 5.54. The molecule has 0 spiro atoms. The summed E-state index contributed by atoms with van der Waals surface area (Å²) in [5.41, 5.74) is 6.23. The van der Waals surface area contributed by atoms with Crippen LogP contribution in [-0.4, -0.2) is 23.9 Å². The Labute approximate surface area is 129 Å². The number of hydrogen-bond donors (Lipinski definition) is 2. The summed E-state index contributed by atoms with van der Waals surface area (Å²) in [7, 11) is 0. The van der Waals surface area contributed by atoms with Crippen LogP contribution in [0, 0.1) is 0 Å². The molecular formula is C15H20ClN3O2. The molecule has 114 valence electrons. The van der Waals surface area contributed by atoms with E-state index in [-0.39, 0.29) is 11.8 Å². The number of carbonyl (C=O) groups excluding carboxylic acids is 2. The molecule has 2 amide bonds. The van der Waals surface area contributed by atoms with Crippen LogP contribution in [0.3, 0.4) is 0 Å². The van der Waals surface area contributed by atoms with Crippen molar-refractivity contribution >= 4 is 34.8 Å². The minimum absolute atomic E-state index is 0.0780. The van der Waals surface area contributed by atoms with Gasteiger partial charge in [-0.2, -0.15) is 0 Å². The molecule has 1 unspecified atom stereocenters. The average Bonchev–Trinajstić information content (AvgIpc) is 2.85. The van der Waals surface area contributed by atoms with E-state index in [9.17, 15) is 9.59 Å². The van der Waals surface area contributed by atoms with Gasteiger partial charge in [0.15, 0.2) is 0 Å². The fourth-order valence-corrected chi connectivity index (χ4v) is 2.42. The van der Waals surface area contributed by atoms with Crippen LogP contribution in [0.5, 0.6) is 0 Å². The van der Waals surface area contributed by atoms with Crippen molar-refractivity contribution in [2.75, 3.05) is 16.8 Å². The summed E-state index contributed by atoms with van der Waals surface area (Å²) in [5, 5.41) is 3.19. The lowest BCUT2D eigenvalue weighted by molar-refractivity contribution is -0.120. The zero-order valence-electron chi connectivity index (χ0n) is 12.3. The summed E-state index contributed by atoms with van der Waals surface area (Å²) in [4.78, 5) is 25.4. The van der Waals surface area contributed by atoms with Gasteiger partial charge in [0.1, 0.15) is 0 Å². The van der Waals surface area contributed by atoms with Gasteiger partial charge in [-0.1, -0.05) is 18.5 Å². The van der Waals surface area contributed by atoms with Crippen molar-refractivity contribution in [3.05, 3.63) is 23.2 Å². The van der Waals surface area contributed by atoms with Crippen molar-refractivity contribution in [3.8, 4) is 0 Å². The quantitative estimate of drug-likeness (QED) is 0.897. The third-order valence-electron chi connectivity index (χ3n) is 3.82. The van der Waals surface area contributed by atoms with Crippen molar-refractivity contribution in [1.29, 1.82) is 0 Å². The molecule has 1 heterocycles. The Morgan fingerprint density at radius 2 is 2.24 bits per heavy atom. The first-order valence-electron chi connectivity index (χ1n) is 7.05. The smallest absolute Gasteiger partial charge is 0.244 e. The summed E-state index contributed by atoms with van der Waals surface area (Å²) >= 11 is 6.23. The zero-order valence-corrected chi connectivity index (χ0v) is 13.0. The minimum atomic E-state index is -0.921. The average molecular weight is 310 g/mol. The molecule has 1 atom stereocenters. The Morgan fingerprint density at radius 1 is 1.52 bits per heavy atom. The maximum absolute atomic E-state index is 12.0. The van der Waals surface area contributed by atoms with Crippen molar-refractivity contribution in [1.82, 2.24) is 0 Å². The molecule has 1 fully saturated rings. The Kier molecular flexibility index (Phi) is 4.54. The first-order valence-corrected chi connectivity index (χ1v) is 7.43. The van der Waals surface area contributed by atoms with Gasteiger partial charge in [0.2, 0.25) is 11.8 Å². The number of hydrogen-bond acceptors (Lipinski definition) is 3. The van der Waals surface area contributed by atoms with Crippen LogP contribution < -0.4 is 16.0 Å². The van der Waals surface area contributed by atoms with Crippen LogP contribution in [-0.2, 0) is 9.59 Å². The Hall–Kier alpha value is -1.59. The number of nitrogens with one attached hydrogen (secondary N) is 1. The first-order chi connectivity index (χ1) is 9.85. The van der Waals surface area contributed by atoms with Crippen LogP contribution in [0.2, 0.25) is 5.02 Å². The molecule has 0 bridgehead atoms. The molecule has 1 saturated heterocycles. The lowest BCUT2D eigenvalue weighted by Crippen LogP contribution is -2.47. The highest BCUT2D eigenvalue weighted by atomic mass is 35.5. The molecule has 0 saturated carbocycles. The van der Waals surface area contributed by atoms with Crippen molar-refractivity contribution in [2.45, 2.75) is 38.6 Å². The van der Waals surface area contributed by atoms with Crippen LogP contribution in [0.15, 0.2) is 18.2 Å². The van der Waals surface area contributed by atoms with E-state index in [0.717, 1.165) is 6.42 Å². The second-order valence-corrected chi connectivity index (χ2v) is 5.95.